The van der Waals surface area contributed by atoms with Crippen LogP contribution in [0.1, 0.15) is 46.0 Å². The highest BCUT2D eigenvalue weighted by Crippen LogP contribution is 2.23. The number of carbonyl (C=O) groups excluding carboxylic acids is 2. The van der Waals surface area contributed by atoms with E-state index in [0.29, 0.717) is 19.1 Å². The Bertz CT molecular complexity index is 359. The summed E-state index contributed by atoms with van der Waals surface area (Å²) < 4.78 is 5.12. The minimum absolute atomic E-state index is 0.0225. The molecular formula is C15H26N2O3. The predicted molar refractivity (Wildman–Crippen MR) is 76.3 cm³/mol. The molecule has 5 nitrogen and oxygen atoms in total. The van der Waals surface area contributed by atoms with Gasteiger partial charge in [-0.05, 0) is 44.9 Å². The van der Waals surface area contributed by atoms with Crippen molar-refractivity contribution < 1.29 is 14.3 Å². The number of piperidine rings is 2. The molecule has 0 bridgehead atoms. The van der Waals surface area contributed by atoms with E-state index >= 15 is 0 Å². The molecule has 114 valence electrons. The molecule has 2 aliphatic rings. The van der Waals surface area contributed by atoms with Gasteiger partial charge < -0.3 is 14.5 Å². The highest BCUT2D eigenvalue weighted by atomic mass is 16.5. The number of nitrogens with zero attached hydrogens (tertiary/aromatic N) is 2. The van der Waals surface area contributed by atoms with E-state index in [9.17, 15) is 9.59 Å². The highest BCUT2D eigenvalue weighted by molar-refractivity contribution is 5.84. The van der Waals surface area contributed by atoms with Crippen LogP contribution in [-0.2, 0) is 9.53 Å². The molecular weight excluding hydrogens is 256 g/mol. The fourth-order valence-corrected chi connectivity index (χ4v) is 3.19. The van der Waals surface area contributed by atoms with E-state index in [2.05, 4.69) is 6.92 Å². The number of urea groups is 1. The lowest BCUT2D eigenvalue weighted by atomic mass is 9.99. The first-order chi connectivity index (χ1) is 9.63. The topological polar surface area (TPSA) is 49.9 Å². The summed E-state index contributed by atoms with van der Waals surface area (Å²) in [5.41, 5.74) is 0. The van der Waals surface area contributed by atoms with Crippen molar-refractivity contribution in [2.75, 3.05) is 26.2 Å². The number of ether oxygens (including phenoxy) is 1. The van der Waals surface area contributed by atoms with Gasteiger partial charge in [-0.1, -0.05) is 6.92 Å². The molecule has 2 saturated heterocycles. The van der Waals surface area contributed by atoms with Gasteiger partial charge in [-0.2, -0.15) is 0 Å². The Hall–Kier alpha value is -1.26. The van der Waals surface area contributed by atoms with Crippen molar-refractivity contribution in [3.05, 3.63) is 0 Å². The summed E-state index contributed by atoms with van der Waals surface area (Å²) >= 11 is 0. The monoisotopic (exact) mass is 282 g/mol. The summed E-state index contributed by atoms with van der Waals surface area (Å²) in [6.07, 6.45) is 4.94. The molecule has 0 saturated carbocycles. The second-order valence-electron chi connectivity index (χ2n) is 5.93. The van der Waals surface area contributed by atoms with E-state index in [1.807, 2.05) is 4.90 Å². The van der Waals surface area contributed by atoms with E-state index in [-0.39, 0.29) is 18.0 Å². The molecule has 0 aromatic heterocycles. The molecule has 2 rings (SSSR count). The third-order valence-electron chi connectivity index (χ3n) is 4.23. The average Bonchev–Trinajstić information content (AvgIpc) is 2.47. The third-order valence-corrected chi connectivity index (χ3v) is 4.23. The van der Waals surface area contributed by atoms with Crippen LogP contribution in [0.5, 0.6) is 0 Å². The highest BCUT2D eigenvalue weighted by Gasteiger charge is 2.36. The van der Waals surface area contributed by atoms with Crippen LogP contribution in [0.15, 0.2) is 0 Å². The first-order valence-electron chi connectivity index (χ1n) is 7.85. The van der Waals surface area contributed by atoms with Gasteiger partial charge in [0.2, 0.25) is 0 Å². The molecule has 2 atom stereocenters. The van der Waals surface area contributed by atoms with Gasteiger partial charge in [-0.25, -0.2) is 9.59 Å². The first-order valence-corrected chi connectivity index (χ1v) is 7.85. The second-order valence-corrected chi connectivity index (χ2v) is 5.93. The van der Waals surface area contributed by atoms with Gasteiger partial charge in [0.15, 0.2) is 0 Å². The Labute approximate surface area is 121 Å². The Kier molecular flexibility index (Phi) is 5.26. The molecule has 20 heavy (non-hydrogen) atoms. The van der Waals surface area contributed by atoms with Gasteiger partial charge >= 0.3 is 12.0 Å². The maximum Gasteiger partial charge on any atom is 0.328 e. The lowest BCUT2D eigenvalue weighted by molar-refractivity contribution is -0.149. The van der Waals surface area contributed by atoms with Crippen LogP contribution in [0.3, 0.4) is 0 Å². The molecule has 2 amide bonds. The van der Waals surface area contributed by atoms with E-state index in [1.54, 1.807) is 11.8 Å². The fourth-order valence-electron chi connectivity index (χ4n) is 3.19. The lowest BCUT2D eigenvalue weighted by Gasteiger charge is -2.40. The summed E-state index contributed by atoms with van der Waals surface area (Å²) in [6.45, 7) is 6.66. The van der Waals surface area contributed by atoms with E-state index in [1.165, 1.54) is 6.42 Å². The zero-order valence-electron chi connectivity index (χ0n) is 12.6. The quantitative estimate of drug-likeness (QED) is 0.730. The number of rotatable bonds is 2. The molecule has 0 aliphatic carbocycles. The van der Waals surface area contributed by atoms with Crippen LogP contribution in [-0.4, -0.2) is 54.1 Å². The summed E-state index contributed by atoms with van der Waals surface area (Å²) in [7, 11) is 0. The minimum Gasteiger partial charge on any atom is -0.464 e. The molecule has 0 spiro atoms. The standard InChI is InChI=1S/C15H26N2O3/c1-3-20-14(18)13-8-4-5-10-17(13)15(19)16-9-6-7-12(2)11-16/h12-13H,3-11H2,1-2H3. The Morgan fingerprint density at radius 1 is 1.15 bits per heavy atom. The number of hydrogen-bond acceptors (Lipinski definition) is 3. The van der Waals surface area contributed by atoms with Crippen molar-refractivity contribution in [2.45, 2.75) is 52.0 Å². The molecule has 0 radical (unpaired) electrons. The smallest absolute Gasteiger partial charge is 0.328 e. The van der Waals surface area contributed by atoms with Crippen molar-refractivity contribution in [1.29, 1.82) is 0 Å². The van der Waals surface area contributed by atoms with Crippen LogP contribution in [0.4, 0.5) is 4.79 Å². The molecule has 0 aromatic carbocycles. The van der Waals surface area contributed by atoms with E-state index < -0.39 is 0 Å². The second kappa shape index (κ2) is 6.95. The van der Waals surface area contributed by atoms with Crippen molar-refractivity contribution in [2.24, 2.45) is 5.92 Å². The van der Waals surface area contributed by atoms with Crippen LogP contribution >= 0.6 is 0 Å². The van der Waals surface area contributed by atoms with E-state index in [4.69, 9.17) is 4.74 Å². The van der Waals surface area contributed by atoms with Gasteiger partial charge in [0.1, 0.15) is 6.04 Å². The number of esters is 1. The van der Waals surface area contributed by atoms with Crippen LogP contribution in [0, 0.1) is 5.92 Å². The zero-order chi connectivity index (χ0) is 14.5. The molecule has 0 N–H and O–H groups in total. The van der Waals surface area contributed by atoms with Crippen molar-refractivity contribution in [3.8, 4) is 0 Å². The molecule has 2 unspecified atom stereocenters. The molecule has 2 heterocycles. The van der Waals surface area contributed by atoms with Crippen molar-refractivity contribution >= 4 is 12.0 Å². The van der Waals surface area contributed by atoms with Gasteiger partial charge in [0, 0.05) is 19.6 Å². The van der Waals surface area contributed by atoms with Crippen molar-refractivity contribution in [1.82, 2.24) is 9.80 Å². The van der Waals surface area contributed by atoms with Crippen molar-refractivity contribution in [3.63, 3.8) is 0 Å². The zero-order valence-corrected chi connectivity index (χ0v) is 12.6. The lowest BCUT2D eigenvalue weighted by Crippen LogP contribution is -2.55. The predicted octanol–water partition coefficient (Wildman–Crippen LogP) is 2.26. The minimum atomic E-state index is -0.381. The molecule has 2 aliphatic heterocycles. The largest absolute Gasteiger partial charge is 0.464 e. The Morgan fingerprint density at radius 2 is 1.95 bits per heavy atom. The number of hydrogen-bond donors (Lipinski definition) is 0. The van der Waals surface area contributed by atoms with E-state index in [0.717, 1.165) is 38.8 Å². The summed E-state index contributed by atoms with van der Waals surface area (Å²) in [5, 5.41) is 0. The van der Waals surface area contributed by atoms with Gasteiger partial charge in [-0.15, -0.1) is 0 Å². The summed E-state index contributed by atoms with van der Waals surface area (Å²) in [6, 6.07) is -0.359. The Balaban J connectivity index is 2.03. The maximum atomic E-state index is 12.7. The SMILES string of the molecule is CCOC(=O)C1CCCCN1C(=O)N1CCCC(C)C1. The van der Waals surface area contributed by atoms with Gasteiger partial charge in [0.05, 0.1) is 6.61 Å². The normalized spacial score (nSPS) is 27.3. The fraction of sp³-hybridized carbons (Fsp3) is 0.867. The van der Waals surface area contributed by atoms with Crippen LogP contribution in [0.2, 0.25) is 0 Å². The maximum absolute atomic E-state index is 12.7. The summed E-state index contributed by atoms with van der Waals surface area (Å²) in [5.74, 6) is 0.309. The van der Waals surface area contributed by atoms with Crippen LogP contribution < -0.4 is 0 Å². The number of carbonyl (C=O) groups is 2. The van der Waals surface area contributed by atoms with Crippen LogP contribution in [0.25, 0.3) is 0 Å². The third kappa shape index (κ3) is 3.44. The van der Waals surface area contributed by atoms with Gasteiger partial charge in [-0.3, -0.25) is 0 Å². The first kappa shape index (κ1) is 15.1. The number of likely N-dealkylation sites (tertiary alicyclic amines) is 2. The molecule has 0 aromatic rings. The number of amides is 2. The molecule has 2 fully saturated rings. The van der Waals surface area contributed by atoms with Gasteiger partial charge in [0.25, 0.3) is 0 Å². The Morgan fingerprint density at radius 3 is 2.65 bits per heavy atom. The molecule has 5 heteroatoms. The summed E-state index contributed by atoms with van der Waals surface area (Å²) in [4.78, 5) is 28.3. The average molecular weight is 282 g/mol.